The van der Waals surface area contributed by atoms with E-state index >= 15 is 0 Å². The lowest BCUT2D eigenvalue weighted by Crippen LogP contribution is -2.41. The summed E-state index contributed by atoms with van der Waals surface area (Å²) in [6, 6.07) is 4.44. The summed E-state index contributed by atoms with van der Waals surface area (Å²) in [6.07, 6.45) is -4.93. The SMILES string of the molecule is CC(C)S(=O)(=O)NC(=O)c1nsc2cccc(-n3c(=O)cc(C(F)(F)F)n(C)c3=O)c12. The molecule has 0 saturated heterocycles. The fraction of sp³-hybridized carbons (Fsp3) is 0.294. The molecule has 0 bridgehead atoms. The minimum absolute atomic E-state index is 0.0390. The molecule has 1 aromatic carbocycles. The Hall–Kier alpha value is -3.00. The Morgan fingerprint density at radius 1 is 1.23 bits per heavy atom. The summed E-state index contributed by atoms with van der Waals surface area (Å²) in [5.74, 6) is -1.09. The number of carbonyl (C=O) groups is 1. The molecule has 0 aliphatic rings. The predicted octanol–water partition coefficient (Wildman–Crippen LogP) is 1.63. The van der Waals surface area contributed by atoms with Gasteiger partial charge in [-0.3, -0.25) is 14.2 Å². The lowest BCUT2D eigenvalue weighted by atomic mass is 10.1. The molecule has 1 N–H and O–H groups in total. The number of aromatic nitrogens is 3. The molecule has 2 heterocycles. The average Bonchev–Trinajstić information content (AvgIpc) is 3.08. The quantitative estimate of drug-likeness (QED) is 0.611. The minimum atomic E-state index is -4.93. The second-order valence-electron chi connectivity index (χ2n) is 6.75. The van der Waals surface area contributed by atoms with Crippen LogP contribution >= 0.6 is 11.5 Å². The van der Waals surface area contributed by atoms with Gasteiger partial charge in [0, 0.05) is 13.1 Å². The third-order valence-corrected chi connectivity index (χ3v) is 6.92. The Kier molecular flexibility index (Phi) is 5.56. The molecule has 9 nitrogen and oxygen atoms in total. The first kappa shape index (κ1) is 22.7. The Balaban J connectivity index is 2.28. The Morgan fingerprint density at radius 3 is 2.45 bits per heavy atom. The van der Waals surface area contributed by atoms with Gasteiger partial charge in [-0.05, 0) is 37.5 Å². The molecule has 14 heteroatoms. The second kappa shape index (κ2) is 7.60. The van der Waals surface area contributed by atoms with E-state index < -0.39 is 44.3 Å². The maximum absolute atomic E-state index is 13.1. The van der Waals surface area contributed by atoms with Crippen molar-refractivity contribution in [3.05, 3.63) is 56.5 Å². The van der Waals surface area contributed by atoms with E-state index in [-0.39, 0.29) is 27.4 Å². The minimum Gasteiger partial charge on any atom is -0.292 e. The number of sulfonamides is 1. The van der Waals surface area contributed by atoms with Crippen LogP contribution in [0.2, 0.25) is 0 Å². The number of nitrogens with zero attached hydrogens (tertiary/aromatic N) is 3. The van der Waals surface area contributed by atoms with Gasteiger partial charge in [0.15, 0.2) is 5.69 Å². The Morgan fingerprint density at radius 2 is 1.87 bits per heavy atom. The molecule has 0 spiro atoms. The molecule has 1 amide bonds. The van der Waals surface area contributed by atoms with Gasteiger partial charge in [0.1, 0.15) is 5.69 Å². The van der Waals surface area contributed by atoms with Crippen molar-refractivity contribution in [3.63, 3.8) is 0 Å². The first-order chi connectivity index (χ1) is 14.3. The molecular formula is C17H15F3N4O5S2. The number of hydrogen-bond acceptors (Lipinski definition) is 7. The van der Waals surface area contributed by atoms with Crippen molar-refractivity contribution in [1.82, 2.24) is 18.2 Å². The van der Waals surface area contributed by atoms with Crippen molar-refractivity contribution >= 4 is 37.5 Å². The van der Waals surface area contributed by atoms with E-state index in [1.807, 2.05) is 4.72 Å². The molecule has 0 aliphatic carbocycles. The highest BCUT2D eigenvalue weighted by Gasteiger charge is 2.35. The number of carbonyl (C=O) groups excluding carboxylic acids is 1. The van der Waals surface area contributed by atoms with E-state index in [9.17, 15) is 36.0 Å². The van der Waals surface area contributed by atoms with Crippen LogP contribution in [0.25, 0.3) is 15.8 Å². The molecule has 0 unspecified atom stereocenters. The molecule has 31 heavy (non-hydrogen) atoms. The number of nitrogens with one attached hydrogen (secondary N) is 1. The third kappa shape index (κ3) is 3.99. The first-order valence-corrected chi connectivity index (χ1v) is 10.9. The summed E-state index contributed by atoms with van der Waals surface area (Å²) in [7, 11) is -3.15. The van der Waals surface area contributed by atoms with Crippen LogP contribution in [-0.4, -0.2) is 33.1 Å². The number of benzene rings is 1. The number of hydrogen-bond donors (Lipinski definition) is 1. The zero-order chi connectivity index (χ0) is 23.3. The molecule has 3 aromatic rings. The van der Waals surface area contributed by atoms with Gasteiger partial charge < -0.3 is 0 Å². The smallest absolute Gasteiger partial charge is 0.292 e. The van der Waals surface area contributed by atoms with E-state index in [2.05, 4.69) is 4.37 Å². The first-order valence-electron chi connectivity index (χ1n) is 8.60. The number of amides is 1. The third-order valence-electron chi connectivity index (χ3n) is 4.40. The molecule has 0 saturated carbocycles. The summed E-state index contributed by atoms with van der Waals surface area (Å²) in [6.45, 7) is 2.71. The fourth-order valence-electron chi connectivity index (χ4n) is 2.73. The number of fused-ring (bicyclic) bond motifs is 1. The monoisotopic (exact) mass is 476 g/mol. The zero-order valence-corrected chi connectivity index (χ0v) is 17.9. The van der Waals surface area contributed by atoms with Crippen molar-refractivity contribution < 1.29 is 26.4 Å². The highest BCUT2D eigenvalue weighted by Crippen LogP contribution is 2.29. The molecule has 2 aromatic heterocycles. The predicted molar refractivity (Wildman–Crippen MR) is 107 cm³/mol. The molecule has 0 aliphatic heterocycles. The number of rotatable bonds is 4. The van der Waals surface area contributed by atoms with Crippen molar-refractivity contribution in [3.8, 4) is 5.69 Å². The summed E-state index contributed by atoms with van der Waals surface area (Å²) in [5, 5.41) is -0.964. The summed E-state index contributed by atoms with van der Waals surface area (Å²) in [5.41, 5.74) is -4.57. The number of alkyl halides is 3. The summed E-state index contributed by atoms with van der Waals surface area (Å²) in [4.78, 5) is 37.7. The van der Waals surface area contributed by atoms with E-state index in [4.69, 9.17) is 0 Å². The van der Waals surface area contributed by atoms with Gasteiger partial charge >= 0.3 is 11.9 Å². The largest absolute Gasteiger partial charge is 0.431 e. The van der Waals surface area contributed by atoms with Gasteiger partial charge in [-0.15, -0.1) is 0 Å². The van der Waals surface area contributed by atoms with E-state index in [1.165, 1.54) is 32.0 Å². The Bertz CT molecular complexity index is 1420. The maximum atomic E-state index is 13.1. The molecule has 0 fully saturated rings. The molecular weight excluding hydrogens is 461 g/mol. The van der Waals surface area contributed by atoms with Crippen molar-refractivity contribution in [2.24, 2.45) is 7.05 Å². The zero-order valence-electron chi connectivity index (χ0n) is 16.2. The average molecular weight is 476 g/mol. The molecule has 0 radical (unpaired) electrons. The van der Waals surface area contributed by atoms with Crippen LogP contribution in [-0.2, 0) is 23.2 Å². The van der Waals surface area contributed by atoms with Crippen LogP contribution in [0, 0.1) is 0 Å². The normalized spacial score (nSPS) is 12.5. The highest BCUT2D eigenvalue weighted by atomic mass is 32.2. The topological polar surface area (TPSA) is 120 Å². The maximum Gasteiger partial charge on any atom is 0.431 e. The van der Waals surface area contributed by atoms with E-state index in [1.54, 1.807) is 0 Å². The standard InChI is InChI=1S/C17H15F3N4O5S2/c1-8(2)31(28,29)22-15(26)14-13-9(5-4-6-10(13)30-21-14)24-12(25)7-11(17(18,19)20)23(3)16(24)27/h4-8H,1-3H3,(H,22,26). The van der Waals surface area contributed by atoms with Gasteiger partial charge in [-0.25, -0.2) is 22.5 Å². The van der Waals surface area contributed by atoms with E-state index in [0.29, 0.717) is 9.27 Å². The lowest BCUT2D eigenvalue weighted by Gasteiger charge is -2.14. The Labute approximate surface area is 177 Å². The molecule has 166 valence electrons. The van der Waals surface area contributed by atoms with Crippen molar-refractivity contribution in [1.29, 1.82) is 0 Å². The van der Waals surface area contributed by atoms with Crippen LogP contribution in [0.3, 0.4) is 0 Å². The van der Waals surface area contributed by atoms with Crippen molar-refractivity contribution in [2.45, 2.75) is 25.3 Å². The van der Waals surface area contributed by atoms with Gasteiger partial charge in [0.25, 0.3) is 11.5 Å². The van der Waals surface area contributed by atoms with Gasteiger partial charge in [-0.1, -0.05) is 6.07 Å². The van der Waals surface area contributed by atoms with Gasteiger partial charge in [0.05, 0.1) is 21.0 Å². The highest BCUT2D eigenvalue weighted by molar-refractivity contribution is 7.90. The van der Waals surface area contributed by atoms with Crippen LogP contribution in [0.5, 0.6) is 0 Å². The van der Waals surface area contributed by atoms with Crippen LogP contribution in [0.15, 0.2) is 33.9 Å². The summed E-state index contributed by atoms with van der Waals surface area (Å²) >= 11 is 0.799. The molecule has 3 rings (SSSR count). The fourth-order valence-corrected chi connectivity index (χ4v) is 4.12. The number of halogens is 3. The van der Waals surface area contributed by atoms with Crippen LogP contribution < -0.4 is 16.0 Å². The molecule has 0 atom stereocenters. The van der Waals surface area contributed by atoms with Crippen LogP contribution in [0.1, 0.15) is 30.0 Å². The van der Waals surface area contributed by atoms with Gasteiger partial charge in [-0.2, -0.15) is 17.5 Å². The summed E-state index contributed by atoms with van der Waals surface area (Å²) < 4.78 is 70.3. The van der Waals surface area contributed by atoms with E-state index in [0.717, 1.165) is 18.6 Å². The van der Waals surface area contributed by atoms with Crippen molar-refractivity contribution in [2.75, 3.05) is 0 Å². The van der Waals surface area contributed by atoms with Gasteiger partial charge in [0.2, 0.25) is 10.0 Å². The second-order valence-corrected chi connectivity index (χ2v) is 9.79. The lowest BCUT2D eigenvalue weighted by molar-refractivity contribution is -0.144. The van der Waals surface area contributed by atoms with Crippen LogP contribution in [0.4, 0.5) is 13.2 Å².